The summed E-state index contributed by atoms with van der Waals surface area (Å²) in [5, 5.41) is 13.6. The van der Waals surface area contributed by atoms with Gasteiger partial charge in [0.2, 0.25) is 0 Å². The predicted octanol–water partition coefficient (Wildman–Crippen LogP) is 4.92. The SMILES string of the molecule is COc1ccc(-c2nn(-c3ccccc3)cc2/C=C/C(=O)c2ccc(OCC(=O)O)c(OC)c2)cc1. The van der Waals surface area contributed by atoms with Crippen molar-refractivity contribution in [3.05, 3.63) is 96.2 Å². The van der Waals surface area contributed by atoms with Crippen LogP contribution >= 0.6 is 0 Å². The van der Waals surface area contributed by atoms with Gasteiger partial charge in [0.25, 0.3) is 0 Å². The van der Waals surface area contributed by atoms with E-state index in [0.29, 0.717) is 11.3 Å². The Morgan fingerprint density at radius 2 is 1.69 bits per heavy atom. The molecule has 1 heterocycles. The maximum Gasteiger partial charge on any atom is 0.341 e. The molecular formula is C28H24N2O6. The van der Waals surface area contributed by atoms with Gasteiger partial charge in [0.15, 0.2) is 23.9 Å². The van der Waals surface area contributed by atoms with Crippen molar-refractivity contribution in [3.8, 4) is 34.2 Å². The molecule has 0 aliphatic heterocycles. The number of carboxylic acid groups (broad SMARTS) is 1. The van der Waals surface area contributed by atoms with Crippen LogP contribution in [0.5, 0.6) is 17.2 Å². The van der Waals surface area contributed by atoms with Gasteiger partial charge in [-0.3, -0.25) is 4.79 Å². The van der Waals surface area contributed by atoms with E-state index in [2.05, 4.69) is 0 Å². The number of aliphatic carboxylic acids is 1. The summed E-state index contributed by atoms with van der Waals surface area (Å²) >= 11 is 0. The fourth-order valence-corrected chi connectivity index (χ4v) is 3.54. The second-order valence-corrected chi connectivity index (χ2v) is 7.69. The fourth-order valence-electron chi connectivity index (χ4n) is 3.54. The smallest absolute Gasteiger partial charge is 0.341 e. The van der Waals surface area contributed by atoms with E-state index in [-0.39, 0.29) is 17.3 Å². The standard InChI is InChI=1S/C28H24N2O6/c1-34-23-12-8-19(9-13-23)28-21(17-30(29-28)22-6-4-3-5-7-22)10-14-24(31)20-11-15-25(26(16-20)35-2)36-18-27(32)33/h3-17H,18H2,1-2H3,(H,32,33)/b14-10+. The van der Waals surface area contributed by atoms with Crippen LogP contribution in [0.2, 0.25) is 0 Å². The van der Waals surface area contributed by atoms with E-state index in [1.807, 2.05) is 60.8 Å². The van der Waals surface area contributed by atoms with Gasteiger partial charge in [-0.15, -0.1) is 0 Å². The Kier molecular flexibility index (Phi) is 7.45. The van der Waals surface area contributed by atoms with Crippen LogP contribution in [-0.4, -0.2) is 47.5 Å². The Labute approximate surface area is 208 Å². The molecular weight excluding hydrogens is 460 g/mol. The van der Waals surface area contributed by atoms with Crippen molar-refractivity contribution in [2.75, 3.05) is 20.8 Å². The first-order valence-corrected chi connectivity index (χ1v) is 11.0. The lowest BCUT2D eigenvalue weighted by atomic mass is 10.1. The summed E-state index contributed by atoms with van der Waals surface area (Å²) in [7, 11) is 3.03. The van der Waals surface area contributed by atoms with E-state index in [1.54, 1.807) is 23.9 Å². The van der Waals surface area contributed by atoms with E-state index in [4.69, 9.17) is 24.4 Å². The molecule has 4 rings (SSSR count). The van der Waals surface area contributed by atoms with Crippen LogP contribution in [0.4, 0.5) is 0 Å². The molecule has 1 N–H and O–H groups in total. The van der Waals surface area contributed by atoms with Gasteiger partial charge in [-0.25, -0.2) is 9.48 Å². The molecule has 4 aromatic rings. The number of hydrogen-bond donors (Lipinski definition) is 1. The van der Waals surface area contributed by atoms with Crippen LogP contribution in [0.1, 0.15) is 15.9 Å². The van der Waals surface area contributed by atoms with Crippen LogP contribution in [0, 0.1) is 0 Å². The zero-order chi connectivity index (χ0) is 25.5. The number of allylic oxidation sites excluding steroid dienone is 1. The highest BCUT2D eigenvalue weighted by Gasteiger charge is 2.13. The Balaban J connectivity index is 1.65. The second kappa shape index (κ2) is 11.1. The largest absolute Gasteiger partial charge is 0.497 e. The third kappa shape index (κ3) is 5.61. The van der Waals surface area contributed by atoms with Gasteiger partial charge in [0.1, 0.15) is 5.75 Å². The summed E-state index contributed by atoms with van der Waals surface area (Å²) < 4.78 is 17.5. The summed E-state index contributed by atoms with van der Waals surface area (Å²) in [6, 6.07) is 21.8. The molecule has 0 bridgehead atoms. The summed E-state index contributed by atoms with van der Waals surface area (Å²) in [6.45, 7) is -0.511. The van der Waals surface area contributed by atoms with Crippen LogP contribution in [0.3, 0.4) is 0 Å². The molecule has 0 radical (unpaired) electrons. The molecule has 0 amide bonds. The van der Waals surface area contributed by atoms with Crippen molar-refractivity contribution in [3.63, 3.8) is 0 Å². The lowest BCUT2D eigenvalue weighted by Gasteiger charge is -2.09. The Bertz CT molecular complexity index is 1390. The van der Waals surface area contributed by atoms with Crippen molar-refractivity contribution in [1.29, 1.82) is 0 Å². The molecule has 0 saturated carbocycles. The first kappa shape index (κ1) is 24.3. The molecule has 0 saturated heterocycles. The predicted molar refractivity (Wildman–Crippen MR) is 135 cm³/mol. The number of ether oxygens (including phenoxy) is 3. The quantitative estimate of drug-likeness (QED) is 0.252. The van der Waals surface area contributed by atoms with Crippen LogP contribution in [-0.2, 0) is 4.79 Å². The number of carboxylic acids is 1. The van der Waals surface area contributed by atoms with E-state index >= 15 is 0 Å². The number of benzene rings is 3. The van der Waals surface area contributed by atoms with Crippen LogP contribution < -0.4 is 14.2 Å². The highest BCUT2D eigenvalue weighted by Crippen LogP contribution is 2.29. The van der Waals surface area contributed by atoms with E-state index in [1.165, 1.54) is 25.3 Å². The molecule has 36 heavy (non-hydrogen) atoms. The number of aromatic nitrogens is 2. The van der Waals surface area contributed by atoms with E-state index in [0.717, 1.165) is 22.6 Å². The van der Waals surface area contributed by atoms with Crippen molar-refractivity contribution in [2.45, 2.75) is 0 Å². The number of carbonyl (C=O) groups excluding carboxylic acids is 1. The van der Waals surface area contributed by atoms with E-state index in [9.17, 15) is 9.59 Å². The van der Waals surface area contributed by atoms with Gasteiger partial charge in [-0.1, -0.05) is 18.2 Å². The van der Waals surface area contributed by atoms with Gasteiger partial charge in [-0.05, 0) is 66.7 Å². The molecule has 3 aromatic carbocycles. The lowest BCUT2D eigenvalue weighted by Crippen LogP contribution is -2.10. The third-order valence-corrected chi connectivity index (χ3v) is 5.34. The molecule has 0 aliphatic carbocycles. The van der Waals surface area contributed by atoms with Gasteiger partial charge in [0, 0.05) is 22.9 Å². The number of hydrogen-bond acceptors (Lipinski definition) is 6. The minimum Gasteiger partial charge on any atom is -0.497 e. The molecule has 182 valence electrons. The highest BCUT2D eigenvalue weighted by molar-refractivity contribution is 6.07. The average molecular weight is 485 g/mol. The summed E-state index contributed by atoms with van der Waals surface area (Å²) in [5.74, 6) is -0.119. The highest BCUT2D eigenvalue weighted by atomic mass is 16.5. The number of ketones is 1. The van der Waals surface area contributed by atoms with Gasteiger partial charge >= 0.3 is 5.97 Å². The number of nitrogens with zero attached hydrogens (tertiary/aromatic N) is 2. The number of para-hydroxylation sites is 1. The maximum atomic E-state index is 13.0. The van der Waals surface area contributed by atoms with Crippen molar-refractivity contribution in [2.24, 2.45) is 0 Å². The number of carbonyl (C=O) groups is 2. The van der Waals surface area contributed by atoms with Crippen LogP contribution in [0.25, 0.3) is 23.0 Å². The molecule has 0 atom stereocenters. The molecule has 0 unspecified atom stereocenters. The first-order chi connectivity index (χ1) is 17.5. The third-order valence-electron chi connectivity index (χ3n) is 5.34. The first-order valence-electron chi connectivity index (χ1n) is 11.0. The van der Waals surface area contributed by atoms with E-state index < -0.39 is 12.6 Å². The lowest BCUT2D eigenvalue weighted by molar-refractivity contribution is -0.139. The van der Waals surface area contributed by atoms with Gasteiger partial charge in [-0.2, -0.15) is 5.10 Å². The number of rotatable bonds is 10. The second-order valence-electron chi connectivity index (χ2n) is 7.69. The Morgan fingerprint density at radius 1 is 0.944 bits per heavy atom. The molecule has 1 aromatic heterocycles. The topological polar surface area (TPSA) is 99.9 Å². The summed E-state index contributed by atoms with van der Waals surface area (Å²) in [6.07, 6.45) is 5.05. The normalized spacial score (nSPS) is 10.8. The Morgan fingerprint density at radius 3 is 2.36 bits per heavy atom. The Hall–Kier alpha value is -4.85. The minimum absolute atomic E-state index is 0.242. The van der Waals surface area contributed by atoms with Gasteiger partial charge in [0.05, 0.1) is 25.6 Å². The summed E-state index contributed by atoms with van der Waals surface area (Å²) in [5.41, 5.74) is 3.60. The molecule has 8 heteroatoms. The van der Waals surface area contributed by atoms with Crippen molar-refractivity contribution < 1.29 is 28.9 Å². The minimum atomic E-state index is -1.11. The molecule has 0 spiro atoms. The maximum absolute atomic E-state index is 13.0. The molecule has 0 aliphatic rings. The monoisotopic (exact) mass is 484 g/mol. The van der Waals surface area contributed by atoms with Crippen molar-refractivity contribution >= 4 is 17.8 Å². The van der Waals surface area contributed by atoms with Crippen LogP contribution in [0.15, 0.2) is 85.1 Å². The number of methoxy groups -OCH3 is 2. The average Bonchev–Trinajstić information content (AvgIpc) is 3.35. The van der Waals surface area contributed by atoms with Gasteiger partial charge < -0.3 is 19.3 Å². The molecule has 8 nitrogen and oxygen atoms in total. The van der Waals surface area contributed by atoms with Crippen molar-refractivity contribution in [1.82, 2.24) is 9.78 Å². The zero-order valence-corrected chi connectivity index (χ0v) is 19.8. The zero-order valence-electron chi connectivity index (χ0n) is 19.8. The molecule has 0 fully saturated rings. The fraction of sp³-hybridized carbons (Fsp3) is 0.107. The summed E-state index contributed by atoms with van der Waals surface area (Å²) in [4.78, 5) is 23.7.